The van der Waals surface area contributed by atoms with Crippen LogP contribution in [-0.4, -0.2) is 43.8 Å². The largest absolute Gasteiger partial charge is 0.399 e. The summed E-state index contributed by atoms with van der Waals surface area (Å²) in [4.78, 5) is 13.7. The zero-order chi connectivity index (χ0) is 14.8. The molecule has 1 fully saturated rings. The Bertz CT molecular complexity index is 598. The van der Waals surface area contributed by atoms with E-state index in [4.69, 9.17) is 5.73 Å². The van der Waals surface area contributed by atoms with Crippen molar-refractivity contribution in [2.45, 2.75) is 25.3 Å². The van der Waals surface area contributed by atoms with Gasteiger partial charge in [-0.25, -0.2) is 8.42 Å². The van der Waals surface area contributed by atoms with Crippen LogP contribution in [0.15, 0.2) is 24.3 Å². The number of rotatable bonds is 4. The second-order valence-electron chi connectivity index (χ2n) is 5.31. The summed E-state index contributed by atoms with van der Waals surface area (Å²) in [5.74, 6) is 0.257. The second-order valence-corrected chi connectivity index (χ2v) is 7.54. The van der Waals surface area contributed by atoms with Gasteiger partial charge in [-0.05, 0) is 30.5 Å². The van der Waals surface area contributed by atoms with Gasteiger partial charge < -0.3 is 10.6 Å². The Morgan fingerprint density at radius 2 is 2.20 bits per heavy atom. The number of nitrogens with two attached hydrogens (primary N) is 1. The number of carbonyl (C=O) groups excluding carboxylic acids is 1. The molecule has 110 valence electrons. The van der Waals surface area contributed by atoms with Crippen molar-refractivity contribution >= 4 is 21.4 Å². The van der Waals surface area contributed by atoms with E-state index in [1.165, 1.54) is 0 Å². The van der Waals surface area contributed by atoms with Crippen LogP contribution in [0.25, 0.3) is 0 Å². The number of hydrogen-bond acceptors (Lipinski definition) is 4. The van der Waals surface area contributed by atoms with Crippen LogP contribution in [0.2, 0.25) is 0 Å². The predicted octanol–water partition coefficient (Wildman–Crippen LogP) is 0.847. The third-order valence-corrected chi connectivity index (χ3v) is 5.48. The van der Waals surface area contributed by atoms with Crippen LogP contribution in [0.5, 0.6) is 0 Å². The molecule has 20 heavy (non-hydrogen) atoms. The monoisotopic (exact) mass is 296 g/mol. The molecule has 2 N–H and O–H groups in total. The summed E-state index contributed by atoms with van der Waals surface area (Å²) in [6, 6.07) is 7.29. The number of benzene rings is 1. The molecule has 0 spiro atoms. The molecule has 2 rings (SSSR count). The normalized spacial score (nSPS) is 20.8. The molecule has 1 amide bonds. The maximum atomic E-state index is 12.1. The molecular formula is C14H20N2O3S. The van der Waals surface area contributed by atoms with Crippen LogP contribution in [0, 0.1) is 0 Å². The maximum absolute atomic E-state index is 12.1. The van der Waals surface area contributed by atoms with Crippen molar-refractivity contribution in [1.82, 2.24) is 4.90 Å². The maximum Gasteiger partial charge on any atom is 0.222 e. The molecule has 0 radical (unpaired) electrons. The summed E-state index contributed by atoms with van der Waals surface area (Å²) >= 11 is 0. The lowest BCUT2D eigenvalue weighted by atomic mass is 10.1. The number of hydrogen-bond donors (Lipinski definition) is 1. The van der Waals surface area contributed by atoms with Crippen molar-refractivity contribution in [2.24, 2.45) is 0 Å². The molecule has 1 atom stereocenters. The van der Waals surface area contributed by atoms with Gasteiger partial charge in [-0.15, -0.1) is 0 Å². The minimum absolute atomic E-state index is 0.0190. The van der Waals surface area contributed by atoms with Gasteiger partial charge >= 0.3 is 0 Å². The van der Waals surface area contributed by atoms with Gasteiger partial charge in [0.25, 0.3) is 0 Å². The van der Waals surface area contributed by atoms with Gasteiger partial charge in [0.2, 0.25) is 5.91 Å². The number of anilines is 1. The molecular weight excluding hydrogens is 276 g/mol. The molecule has 1 unspecified atom stereocenters. The molecule has 0 aromatic heterocycles. The Morgan fingerprint density at radius 3 is 2.80 bits per heavy atom. The lowest BCUT2D eigenvalue weighted by Crippen LogP contribution is -2.37. The highest BCUT2D eigenvalue weighted by Crippen LogP contribution is 2.18. The number of aryl methyl sites for hydroxylation is 1. The Kier molecular flexibility index (Phi) is 4.32. The van der Waals surface area contributed by atoms with E-state index in [0.29, 0.717) is 24.9 Å². The van der Waals surface area contributed by atoms with Crippen LogP contribution in [0.3, 0.4) is 0 Å². The zero-order valence-corrected chi connectivity index (χ0v) is 12.4. The Balaban J connectivity index is 1.89. The standard InChI is InChI=1S/C14H20N2O3S/c1-16(13-7-8-20(18,19)10-13)14(17)6-5-11-3-2-4-12(15)9-11/h2-4,9,13H,5-8,10,15H2,1H3. The van der Waals surface area contributed by atoms with Crippen LogP contribution in [0.4, 0.5) is 5.69 Å². The third-order valence-electron chi connectivity index (χ3n) is 3.73. The van der Waals surface area contributed by atoms with Gasteiger partial charge in [-0.2, -0.15) is 0 Å². The first-order chi connectivity index (χ1) is 9.37. The Labute approximate surface area is 119 Å². The summed E-state index contributed by atoms with van der Waals surface area (Å²) in [6.45, 7) is 0. The lowest BCUT2D eigenvalue weighted by molar-refractivity contribution is -0.131. The van der Waals surface area contributed by atoms with Gasteiger partial charge in [0.05, 0.1) is 11.5 Å². The number of sulfone groups is 1. The quantitative estimate of drug-likeness (QED) is 0.835. The molecule has 6 heteroatoms. The van der Waals surface area contributed by atoms with E-state index in [2.05, 4.69) is 0 Å². The first kappa shape index (κ1) is 14.8. The van der Waals surface area contributed by atoms with Gasteiger partial charge in [-0.1, -0.05) is 12.1 Å². The highest BCUT2D eigenvalue weighted by Gasteiger charge is 2.32. The van der Waals surface area contributed by atoms with Gasteiger partial charge in [0.1, 0.15) is 0 Å². The summed E-state index contributed by atoms with van der Waals surface area (Å²) in [5, 5.41) is 0. The summed E-state index contributed by atoms with van der Waals surface area (Å²) in [5.41, 5.74) is 7.40. The van der Waals surface area contributed by atoms with E-state index >= 15 is 0 Å². The highest BCUT2D eigenvalue weighted by atomic mass is 32.2. The number of nitrogen functional groups attached to an aromatic ring is 1. The summed E-state index contributed by atoms with van der Waals surface area (Å²) in [6.07, 6.45) is 1.53. The van der Waals surface area contributed by atoms with E-state index in [0.717, 1.165) is 5.56 Å². The number of nitrogens with zero attached hydrogens (tertiary/aromatic N) is 1. The van der Waals surface area contributed by atoms with Crippen LogP contribution in [0.1, 0.15) is 18.4 Å². The van der Waals surface area contributed by atoms with Crippen molar-refractivity contribution in [3.05, 3.63) is 29.8 Å². The molecule has 1 aromatic carbocycles. The van der Waals surface area contributed by atoms with Gasteiger partial charge in [-0.3, -0.25) is 4.79 Å². The fraction of sp³-hybridized carbons (Fsp3) is 0.500. The minimum atomic E-state index is -2.96. The number of amides is 1. The van der Waals surface area contributed by atoms with Crippen molar-refractivity contribution in [3.8, 4) is 0 Å². The van der Waals surface area contributed by atoms with Gasteiger partial charge in [0, 0.05) is 25.2 Å². The summed E-state index contributed by atoms with van der Waals surface area (Å²) < 4.78 is 22.9. The van der Waals surface area contributed by atoms with Crippen LogP contribution < -0.4 is 5.73 Å². The molecule has 5 nitrogen and oxygen atoms in total. The molecule has 1 aliphatic heterocycles. The van der Waals surface area contributed by atoms with Crippen molar-refractivity contribution in [2.75, 3.05) is 24.3 Å². The molecule has 1 heterocycles. The molecule has 1 aromatic rings. The number of carbonyl (C=O) groups is 1. The Hall–Kier alpha value is -1.56. The van der Waals surface area contributed by atoms with Gasteiger partial charge in [0.15, 0.2) is 9.84 Å². The second kappa shape index (κ2) is 5.83. The molecule has 0 bridgehead atoms. The van der Waals surface area contributed by atoms with E-state index in [-0.39, 0.29) is 23.5 Å². The van der Waals surface area contributed by atoms with Crippen molar-refractivity contribution < 1.29 is 13.2 Å². The predicted molar refractivity (Wildman–Crippen MR) is 79.0 cm³/mol. The van der Waals surface area contributed by atoms with Crippen LogP contribution >= 0.6 is 0 Å². The van der Waals surface area contributed by atoms with E-state index < -0.39 is 9.84 Å². The molecule has 0 aliphatic carbocycles. The zero-order valence-electron chi connectivity index (χ0n) is 11.6. The van der Waals surface area contributed by atoms with Crippen LogP contribution in [-0.2, 0) is 21.1 Å². The average Bonchev–Trinajstić information content (AvgIpc) is 2.75. The fourth-order valence-electron chi connectivity index (χ4n) is 2.46. The Morgan fingerprint density at radius 1 is 1.45 bits per heavy atom. The third kappa shape index (κ3) is 3.72. The van der Waals surface area contributed by atoms with E-state index in [1.54, 1.807) is 18.0 Å². The highest BCUT2D eigenvalue weighted by molar-refractivity contribution is 7.91. The first-order valence-electron chi connectivity index (χ1n) is 6.68. The molecule has 0 saturated carbocycles. The SMILES string of the molecule is CN(C(=O)CCc1cccc(N)c1)C1CCS(=O)(=O)C1. The van der Waals surface area contributed by atoms with E-state index in [1.807, 2.05) is 18.2 Å². The molecule has 1 saturated heterocycles. The van der Waals surface area contributed by atoms with Crippen molar-refractivity contribution in [3.63, 3.8) is 0 Å². The summed E-state index contributed by atoms with van der Waals surface area (Å²) in [7, 11) is -1.27. The minimum Gasteiger partial charge on any atom is -0.399 e. The first-order valence-corrected chi connectivity index (χ1v) is 8.50. The smallest absolute Gasteiger partial charge is 0.222 e. The fourth-order valence-corrected chi connectivity index (χ4v) is 4.24. The van der Waals surface area contributed by atoms with Crippen molar-refractivity contribution in [1.29, 1.82) is 0 Å². The lowest BCUT2D eigenvalue weighted by Gasteiger charge is -2.23. The average molecular weight is 296 g/mol. The van der Waals surface area contributed by atoms with E-state index in [9.17, 15) is 13.2 Å². The molecule has 1 aliphatic rings. The topological polar surface area (TPSA) is 80.5 Å².